The third-order valence-corrected chi connectivity index (χ3v) is 3.96. The number of benzene rings is 1. The summed E-state index contributed by atoms with van der Waals surface area (Å²) in [7, 11) is 1.46. The molecule has 0 radical (unpaired) electrons. The van der Waals surface area contributed by atoms with E-state index in [1.165, 1.54) is 19.3 Å². The Kier molecular flexibility index (Phi) is 4.28. The first kappa shape index (κ1) is 16.1. The molecule has 6 heteroatoms. The van der Waals surface area contributed by atoms with Crippen molar-refractivity contribution in [3.63, 3.8) is 0 Å². The maximum Gasteiger partial charge on any atom is 0.331 e. The Morgan fingerprint density at radius 1 is 1.32 bits per heavy atom. The Labute approximate surface area is 132 Å². The zero-order valence-electron chi connectivity index (χ0n) is 12.1. The van der Waals surface area contributed by atoms with Crippen LogP contribution < -0.4 is 4.74 Å². The summed E-state index contributed by atoms with van der Waals surface area (Å²) >= 11 is 6.08. The summed E-state index contributed by atoms with van der Waals surface area (Å²) in [5.41, 5.74) is -0.410. The first-order chi connectivity index (χ1) is 10.3. The van der Waals surface area contributed by atoms with Gasteiger partial charge in [0.2, 0.25) is 0 Å². The predicted molar refractivity (Wildman–Crippen MR) is 81.4 cm³/mol. The third kappa shape index (κ3) is 2.72. The van der Waals surface area contributed by atoms with Crippen LogP contribution in [0.15, 0.2) is 41.5 Å². The van der Waals surface area contributed by atoms with Crippen LogP contribution in [0.25, 0.3) is 0 Å². The van der Waals surface area contributed by atoms with Crippen molar-refractivity contribution in [1.82, 2.24) is 0 Å². The van der Waals surface area contributed by atoms with Crippen LogP contribution in [0.2, 0.25) is 5.02 Å². The lowest BCUT2D eigenvalue weighted by atomic mass is 9.71. The van der Waals surface area contributed by atoms with Crippen molar-refractivity contribution in [2.24, 2.45) is 0 Å². The number of aliphatic carboxylic acids is 2. The molecule has 0 aliphatic heterocycles. The van der Waals surface area contributed by atoms with Gasteiger partial charge in [0, 0.05) is 12.0 Å². The third-order valence-electron chi connectivity index (χ3n) is 3.67. The molecule has 0 saturated heterocycles. The van der Waals surface area contributed by atoms with Crippen molar-refractivity contribution in [2.75, 3.05) is 7.11 Å². The highest BCUT2D eigenvalue weighted by atomic mass is 35.5. The summed E-state index contributed by atoms with van der Waals surface area (Å²) in [5.74, 6) is -1.82. The molecule has 116 valence electrons. The molecule has 1 aromatic carbocycles. The van der Waals surface area contributed by atoms with Gasteiger partial charge < -0.3 is 14.9 Å². The molecule has 0 saturated carbocycles. The van der Waals surface area contributed by atoms with Crippen LogP contribution in [0.5, 0.6) is 5.75 Å². The van der Waals surface area contributed by atoms with E-state index in [4.69, 9.17) is 16.3 Å². The van der Waals surface area contributed by atoms with Crippen LogP contribution in [0.3, 0.4) is 0 Å². The number of halogens is 1. The van der Waals surface area contributed by atoms with Crippen molar-refractivity contribution >= 4 is 23.5 Å². The van der Waals surface area contributed by atoms with Gasteiger partial charge in [-0.1, -0.05) is 29.3 Å². The average molecular weight is 323 g/mol. The van der Waals surface area contributed by atoms with E-state index in [-0.39, 0.29) is 17.0 Å². The van der Waals surface area contributed by atoms with Gasteiger partial charge in [0.1, 0.15) is 11.2 Å². The lowest BCUT2D eigenvalue weighted by molar-refractivity contribution is -0.142. The van der Waals surface area contributed by atoms with Gasteiger partial charge >= 0.3 is 11.9 Å². The van der Waals surface area contributed by atoms with E-state index < -0.39 is 17.4 Å². The van der Waals surface area contributed by atoms with Crippen LogP contribution >= 0.6 is 11.6 Å². The van der Waals surface area contributed by atoms with E-state index in [0.29, 0.717) is 16.9 Å². The molecule has 0 spiro atoms. The summed E-state index contributed by atoms with van der Waals surface area (Å²) < 4.78 is 5.06. The highest BCUT2D eigenvalue weighted by Crippen LogP contribution is 2.40. The molecule has 1 aliphatic carbocycles. The Bertz CT molecular complexity index is 704. The van der Waals surface area contributed by atoms with Crippen molar-refractivity contribution in [3.05, 3.63) is 52.1 Å². The summed E-state index contributed by atoms with van der Waals surface area (Å²) in [6.45, 7) is 1.67. The molecule has 22 heavy (non-hydrogen) atoms. The smallest absolute Gasteiger partial charge is 0.331 e. The summed E-state index contributed by atoms with van der Waals surface area (Å²) in [5, 5.41) is 19.2. The van der Waals surface area contributed by atoms with E-state index in [0.717, 1.165) is 0 Å². The normalized spacial score (nSPS) is 20.9. The second-order valence-corrected chi connectivity index (χ2v) is 5.57. The number of carboxylic acids is 2. The monoisotopic (exact) mass is 322 g/mol. The molecule has 1 aliphatic rings. The number of allylic oxidation sites excluding steroid dienone is 2. The molecule has 1 unspecified atom stereocenters. The minimum Gasteiger partial charge on any atom is -0.495 e. The van der Waals surface area contributed by atoms with Crippen molar-refractivity contribution in [1.29, 1.82) is 0 Å². The van der Waals surface area contributed by atoms with Crippen LogP contribution in [0.4, 0.5) is 0 Å². The zero-order chi connectivity index (χ0) is 16.5. The highest BCUT2D eigenvalue weighted by Gasteiger charge is 2.42. The molecule has 0 amide bonds. The maximum atomic E-state index is 11.9. The van der Waals surface area contributed by atoms with Gasteiger partial charge in [-0.15, -0.1) is 0 Å². The first-order valence-corrected chi connectivity index (χ1v) is 6.88. The Morgan fingerprint density at radius 3 is 2.50 bits per heavy atom. The lowest BCUT2D eigenvalue weighted by Gasteiger charge is -2.30. The number of carboxylic acid groups (broad SMARTS) is 2. The summed E-state index contributed by atoms with van der Waals surface area (Å²) in [6.07, 6.45) is 2.90. The zero-order valence-corrected chi connectivity index (χ0v) is 12.8. The molecule has 5 nitrogen and oxygen atoms in total. The summed E-state index contributed by atoms with van der Waals surface area (Å²) in [4.78, 5) is 23.2. The molecule has 1 aromatic rings. The Balaban J connectivity index is 2.60. The van der Waals surface area contributed by atoms with Gasteiger partial charge in [0.15, 0.2) is 0 Å². The van der Waals surface area contributed by atoms with Gasteiger partial charge in [0.25, 0.3) is 0 Å². The number of carbonyl (C=O) groups is 2. The van der Waals surface area contributed by atoms with Gasteiger partial charge in [0.05, 0.1) is 12.1 Å². The second-order valence-electron chi connectivity index (χ2n) is 5.17. The van der Waals surface area contributed by atoms with Gasteiger partial charge in [-0.05, 0) is 30.7 Å². The minimum absolute atomic E-state index is 0.0503. The van der Waals surface area contributed by atoms with Crippen molar-refractivity contribution < 1.29 is 24.5 Å². The quantitative estimate of drug-likeness (QED) is 0.890. The molecule has 2 rings (SSSR count). The van der Waals surface area contributed by atoms with E-state index in [1.54, 1.807) is 25.1 Å². The average Bonchev–Trinajstić information content (AvgIpc) is 2.46. The largest absolute Gasteiger partial charge is 0.495 e. The molecular formula is C16H15ClO5. The van der Waals surface area contributed by atoms with Crippen LogP contribution in [-0.2, 0) is 15.0 Å². The maximum absolute atomic E-state index is 11.9. The fourth-order valence-electron chi connectivity index (χ4n) is 2.64. The topological polar surface area (TPSA) is 83.8 Å². The van der Waals surface area contributed by atoms with Crippen molar-refractivity contribution in [3.8, 4) is 5.75 Å². The SMILES string of the molecule is COc1ccc(C2(C(=O)O)C=C(C)C=C(C(=O)O)C2)cc1Cl. The number of ether oxygens (including phenoxy) is 1. The van der Waals surface area contributed by atoms with E-state index >= 15 is 0 Å². The number of hydrogen-bond donors (Lipinski definition) is 2. The van der Waals surface area contributed by atoms with E-state index in [9.17, 15) is 19.8 Å². The predicted octanol–water partition coefficient (Wildman–Crippen LogP) is 3.03. The first-order valence-electron chi connectivity index (χ1n) is 6.51. The van der Waals surface area contributed by atoms with Crippen LogP contribution in [0, 0.1) is 0 Å². The van der Waals surface area contributed by atoms with Gasteiger partial charge in [-0.2, -0.15) is 0 Å². The van der Waals surface area contributed by atoms with Crippen LogP contribution in [0.1, 0.15) is 18.9 Å². The summed E-state index contributed by atoms with van der Waals surface area (Å²) in [6, 6.07) is 4.67. The van der Waals surface area contributed by atoms with Crippen molar-refractivity contribution in [2.45, 2.75) is 18.8 Å². The molecular weight excluding hydrogens is 308 g/mol. The van der Waals surface area contributed by atoms with Gasteiger partial charge in [-0.3, -0.25) is 4.79 Å². The lowest BCUT2D eigenvalue weighted by Crippen LogP contribution is -2.37. The molecule has 0 aromatic heterocycles. The fraction of sp³-hybridized carbons (Fsp3) is 0.250. The molecule has 2 N–H and O–H groups in total. The fourth-order valence-corrected chi connectivity index (χ4v) is 2.89. The second kappa shape index (κ2) is 5.85. The molecule has 0 fully saturated rings. The number of methoxy groups -OCH3 is 1. The minimum atomic E-state index is -1.46. The van der Waals surface area contributed by atoms with Crippen LogP contribution in [-0.4, -0.2) is 29.3 Å². The van der Waals surface area contributed by atoms with E-state index in [1.807, 2.05) is 0 Å². The highest BCUT2D eigenvalue weighted by molar-refractivity contribution is 6.32. The Hall–Kier alpha value is -2.27. The standard InChI is InChI=1S/C16H15ClO5/c1-9-5-10(14(18)19)8-16(7-9,15(20)21)11-3-4-13(22-2)12(17)6-11/h3-7H,8H2,1-2H3,(H,18,19)(H,20,21). The molecule has 1 atom stereocenters. The van der Waals surface area contributed by atoms with E-state index in [2.05, 4.69) is 0 Å². The molecule has 0 heterocycles. The number of hydrogen-bond acceptors (Lipinski definition) is 3. The molecule has 0 bridgehead atoms. The van der Waals surface area contributed by atoms with Gasteiger partial charge in [-0.25, -0.2) is 4.79 Å². The Morgan fingerprint density at radius 2 is 2.00 bits per heavy atom. The number of rotatable bonds is 4.